The number of hydrogen-bond donors (Lipinski definition) is 0. The molecule has 3 rings (SSSR count). The summed E-state index contributed by atoms with van der Waals surface area (Å²) in [4.78, 5) is 15.9. The Morgan fingerprint density at radius 2 is 1.88 bits per heavy atom. The molecular weight excluding hydrogens is 309 g/mol. The lowest BCUT2D eigenvalue weighted by molar-refractivity contribution is -0.129. The predicted octanol–water partition coefficient (Wildman–Crippen LogP) is 3.84. The second-order valence-electron chi connectivity index (χ2n) is 5.03. The number of cyclic esters (lactones) is 1. The molecule has 1 heterocycles. The van der Waals surface area contributed by atoms with Gasteiger partial charge < -0.3 is 9.47 Å². The van der Waals surface area contributed by atoms with E-state index < -0.39 is 5.97 Å². The van der Waals surface area contributed by atoms with E-state index >= 15 is 0 Å². The molecule has 0 N–H and O–H groups in total. The van der Waals surface area contributed by atoms with Gasteiger partial charge in [0.15, 0.2) is 5.70 Å². The fraction of sp³-hybridized carbons (Fsp3) is 0.0526. The van der Waals surface area contributed by atoms with Crippen LogP contribution in [0.1, 0.15) is 11.1 Å². The van der Waals surface area contributed by atoms with E-state index in [0.29, 0.717) is 5.56 Å². The van der Waals surface area contributed by atoms with Gasteiger partial charge in [-0.3, -0.25) is 0 Å². The van der Waals surface area contributed by atoms with E-state index in [4.69, 9.17) is 9.47 Å². The molecule has 0 aliphatic carbocycles. The number of ether oxygens (including phenoxy) is 2. The van der Waals surface area contributed by atoms with Gasteiger partial charge in [-0.2, -0.15) is 0 Å². The van der Waals surface area contributed by atoms with Gasteiger partial charge in [-0.15, -0.1) is 0 Å². The van der Waals surface area contributed by atoms with E-state index in [1.165, 1.54) is 18.2 Å². The van der Waals surface area contributed by atoms with Crippen LogP contribution in [0.2, 0.25) is 0 Å². The molecule has 0 atom stereocenters. The van der Waals surface area contributed by atoms with Crippen molar-refractivity contribution in [2.75, 3.05) is 7.11 Å². The third-order valence-electron chi connectivity index (χ3n) is 3.32. The number of rotatable bonds is 4. The van der Waals surface area contributed by atoms with Gasteiger partial charge >= 0.3 is 5.97 Å². The van der Waals surface area contributed by atoms with E-state index in [1.54, 1.807) is 31.4 Å². The summed E-state index contributed by atoms with van der Waals surface area (Å²) < 4.78 is 23.3. The maximum absolute atomic E-state index is 13.2. The van der Waals surface area contributed by atoms with Gasteiger partial charge in [-0.1, -0.05) is 24.3 Å². The summed E-state index contributed by atoms with van der Waals surface area (Å²) >= 11 is 0. The molecule has 0 amide bonds. The molecule has 0 unspecified atom stereocenters. The van der Waals surface area contributed by atoms with Crippen molar-refractivity contribution >= 4 is 24.0 Å². The highest BCUT2D eigenvalue weighted by molar-refractivity contribution is 6.11. The molecule has 0 aromatic heterocycles. The average molecular weight is 323 g/mol. The largest absolute Gasteiger partial charge is 0.497 e. The second kappa shape index (κ2) is 6.91. The minimum absolute atomic E-state index is 0.134. The number of carbonyl (C=O) groups excluding carboxylic acids is 1. The van der Waals surface area contributed by atoms with Gasteiger partial charge in [0.25, 0.3) is 0 Å². The normalized spacial score (nSPS) is 15.7. The topological polar surface area (TPSA) is 47.9 Å². The molecule has 2 aromatic carbocycles. The molecule has 0 bridgehead atoms. The highest BCUT2D eigenvalue weighted by Gasteiger charge is 2.21. The molecule has 1 aliphatic heterocycles. The second-order valence-corrected chi connectivity index (χ2v) is 5.03. The minimum Gasteiger partial charge on any atom is -0.497 e. The van der Waals surface area contributed by atoms with Gasteiger partial charge in [0.05, 0.1) is 7.11 Å². The summed E-state index contributed by atoms with van der Waals surface area (Å²) in [6, 6.07) is 13.3. The molecule has 120 valence electrons. The van der Waals surface area contributed by atoms with Gasteiger partial charge in [-0.25, -0.2) is 14.2 Å². The third kappa shape index (κ3) is 3.76. The highest BCUT2D eigenvalue weighted by Crippen LogP contribution is 2.18. The van der Waals surface area contributed by atoms with Crippen LogP contribution in [0.5, 0.6) is 5.75 Å². The minimum atomic E-state index is -0.561. The third-order valence-corrected chi connectivity index (χ3v) is 3.32. The standard InChI is InChI=1S/C19H14FNO3/c1-23-16-8-5-13(6-9-16)7-10-18-21-17(19(22)24-18)12-14-3-2-4-15(20)11-14/h2-12H,1H3. The molecule has 5 heteroatoms. The van der Waals surface area contributed by atoms with Gasteiger partial charge in [0.2, 0.25) is 5.90 Å². The Balaban J connectivity index is 1.77. The lowest BCUT2D eigenvalue weighted by Crippen LogP contribution is -2.01. The monoisotopic (exact) mass is 323 g/mol. The highest BCUT2D eigenvalue weighted by atomic mass is 19.1. The number of benzene rings is 2. The zero-order valence-corrected chi connectivity index (χ0v) is 12.9. The molecule has 1 aliphatic rings. The van der Waals surface area contributed by atoms with Crippen molar-refractivity contribution < 1.29 is 18.7 Å². The molecule has 0 saturated carbocycles. The van der Waals surface area contributed by atoms with Crippen LogP contribution in [0.4, 0.5) is 4.39 Å². The Kier molecular flexibility index (Phi) is 4.52. The van der Waals surface area contributed by atoms with Gasteiger partial charge in [0, 0.05) is 6.08 Å². The van der Waals surface area contributed by atoms with E-state index in [-0.39, 0.29) is 17.4 Å². The van der Waals surface area contributed by atoms with Crippen molar-refractivity contribution in [1.82, 2.24) is 0 Å². The molecule has 0 radical (unpaired) electrons. The SMILES string of the molecule is COc1ccc(C=CC2=NC(=Cc3cccc(F)c3)C(=O)O2)cc1. The van der Waals surface area contributed by atoms with Crippen LogP contribution >= 0.6 is 0 Å². The van der Waals surface area contributed by atoms with Crippen LogP contribution in [0.15, 0.2) is 65.3 Å². The Labute approximate surface area is 138 Å². The molecular formula is C19H14FNO3. The summed E-state index contributed by atoms with van der Waals surface area (Å²) in [6.45, 7) is 0. The summed E-state index contributed by atoms with van der Waals surface area (Å²) in [6.07, 6.45) is 4.86. The Morgan fingerprint density at radius 3 is 2.58 bits per heavy atom. The van der Waals surface area contributed by atoms with Crippen molar-refractivity contribution in [2.24, 2.45) is 4.99 Å². The number of halogens is 1. The molecule has 0 spiro atoms. The van der Waals surface area contributed by atoms with Crippen LogP contribution in [0.25, 0.3) is 12.2 Å². The van der Waals surface area contributed by atoms with Crippen molar-refractivity contribution in [1.29, 1.82) is 0 Å². The fourth-order valence-corrected chi connectivity index (χ4v) is 2.13. The maximum atomic E-state index is 13.2. The lowest BCUT2D eigenvalue weighted by Gasteiger charge is -1.98. The first kappa shape index (κ1) is 15.7. The molecule has 2 aromatic rings. The van der Waals surface area contributed by atoms with Gasteiger partial charge in [0.1, 0.15) is 11.6 Å². The molecule has 24 heavy (non-hydrogen) atoms. The zero-order chi connectivity index (χ0) is 16.9. The first-order valence-corrected chi connectivity index (χ1v) is 7.24. The zero-order valence-electron chi connectivity index (χ0n) is 12.9. The van der Waals surface area contributed by atoms with E-state index in [1.807, 2.05) is 24.3 Å². The van der Waals surface area contributed by atoms with Crippen molar-refractivity contribution in [3.05, 3.63) is 77.2 Å². The van der Waals surface area contributed by atoms with Crippen LogP contribution in [-0.4, -0.2) is 19.0 Å². The smallest absolute Gasteiger partial charge is 0.363 e. The van der Waals surface area contributed by atoms with Crippen LogP contribution < -0.4 is 4.74 Å². The number of aliphatic imine (C=N–C) groups is 1. The van der Waals surface area contributed by atoms with E-state index in [0.717, 1.165) is 11.3 Å². The average Bonchev–Trinajstić information content (AvgIpc) is 2.93. The summed E-state index contributed by atoms with van der Waals surface area (Å²) in [5, 5.41) is 0. The summed E-state index contributed by atoms with van der Waals surface area (Å²) in [5.74, 6) is 0.0172. The first-order chi connectivity index (χ1) is 11.6. The molecule has 0 fully saturated rings. The quantitative estimate of drug-likeness (QED) is 0.634. The number of nitrogens with zero attached hydrogens (tertiary/aromatic N) is 1. The molecule has 4 nitrogen and oxygen atoms in total. The lowest BCUT2D eigenvalue weighted by atomic mass is 10.2. The predicted molar refractivity (Wildman–Crippen MR) is 89.9 cm³/mol. The van der Waals surface area contributed by atoms with E-state index in [2.05, 4.69) is 4.99 Å². The molecule has 0 saturated heterocycles. The number of esters is 1. The Bertz CT molecular complexity index is 851. The van der Waals surface area contributed by atoms with Crippen LogP contribution in [0, 0.1) is 5.82 Å². The fourth-order valence-electron chi connectivity index (χ4n) is 2.13. The van der Waals surface area contributed by atoms with E-state index in [9.17, 15) is 9.18 Å². The van der Waals surface area contributed by atoms with Gasteiger partial charge in [-0.05, 0) is 47.5 Å². The number of hydrogen-bond acceptors (Lipinski definition) is 4. The van der Waals surface area contributed by atoms with Crippen molar-refractivity contribution in [3.63, 3.8) is 0 Å². The van der Waals surface area contributed by atoms with Crippen LogP contribution in [-0.2, 0) is 9.53 Å². The maximum Gasteiger partial charge on any atom is 0.363 e. The summed E-state index contributed by atoms with van der Waals surface area (Å²) in [5.41, 5.74) is 1.60. The van der Waals surface area contributed by atoms with Crippen molar-refractivity contribution in [3.8, 4) is 5.75 Å². The summed E-state index contributed by atoms with van der Waals surface area (Å²) in [7, 11) is 1.60. The Hall–Kier alpha value is -3.21. The first-order valence-electron chi connectivity index (χ1n) is 7.24. The van der Waals surface area contributed by atoms with Crippen LogP contribution in [0.3, 0.4) is 0 Å². The Morgan fingerprint density at radius 1 is 1.08 bits per heavy atom. The number of carbonyl (C=O) groups is 1. The van der Waals surface area contributed by atoms with Crippen molar-refractivity contribution in [2.45, 2.75) is 0 Å². The number of methoxy groups -OCH3 is 1.